The van der Waals surface area contributed by atoms with E-state index in [1.165, 1.54) is 12.2 Å². The number of ether oxygens (including phenoxy) is 5. The first-order chi connectivity index (χ1) is 13.8. The molecule has 10 nitrogen and oxygen atoms in total. The van der Waals surface area contributed by atoms with Crippen LogP contribution in [-0.4, -0.2) is 68.3 Å². The largest absolute Gasteiger partial charge is 0.508 e. The van der Waals surface area contributed by atoms with Gasteiger partial charge in [-0.3, -0.25) is 0 Å². The quantitative estimate of drug-likeness (QED) is 0.128. The van der Waals surface area contributed by atoms with Gasteiger partial charge in [-0.05, 0) is 0 Å². The van der Waals surface area contributed by atoms with Crippen molar-refractivity contribution >= 4 is 35.1 Å². The van der Waals surface area contributed by atoms with Crippen LogP contribution in [0.15, 0.2) is 50.6 Å². The summed E-state index contributed by atoms with van der Waals surface area (Å²) in [7, 11) is 0. The summed E-state index contributed by atoms with van der Waals surface area (Å²) >= 11 is 4.75. The molecule has 0 saturated heterocycles. The molecule has 0 aliphatic heterocycles. The van der Waals surface area contributed by atoms with Crippen LogP contribution in [0.5, 0.6) is 0 Å². The molecule has 0 fully saturated rings. The molecule has 11 heteroatoms. The van der Waals surface area contributed by atoms with Gasteiger partial charge in [0.25, 0.3) is 0 Å². The average Bonchev–Trinajstić information content (AvgIpc) is 2.72. The van der Waals surface area contributed by atoms with Gasteiger partial charge in [0.2, 0.25) is 0 Å². The number of rotatable bonds is 11. The minimum absolute atomic E-state index is 0.0198. The highest BCUT2D eigenvalue weighted by molar-refractivity contribution is 6.61. The summed E-state index contributed by atoms with van der Waals surface area (Å²) in [5, 5.41) is 8.10. The van der Waals surface area contributed by atoms with Crippen LogP contribution in [-0.2, 0) is 33.3 Å². The second-order valence-corrected chi connectivity index (χ2v) is 4.31. The maximum absolute atomic E-state index is 10.7. The third-order valence-electron chi connectivity index (χ3n) is 1.85. The second-order valence-electron chi connectivity index (χ2n) is 4.00. The number of carbonyl (C=O) groups excluding carboxylic acids is 4. The smallest absolute Gasteiger partial charge is 0.460 e. The summed E-state index contributed by atoms with van der Waals surface area (Å²) < 4.78 is 22.1. The van der Waals surface area contributed by atoms with E-state index in [9.17, 15) is 19.2 Å². The number of aliphatic hydroxyl groups is 1. The molecule has 0 heterocycles. The summed E-state index contributed by atoms with van der Waals surface area (Å²) in [6.45, 7) is 13.1. The molecule has 0 aromatic rings. The topological polar surface area (TPSA) is 135 Å². The van der Waals surface area contributed by atoms with E-state index in [4.69, 9.17) is 16.7 Å². The molecule has 0 rings (SSSR count). The lowest BCUT2D eigenvalue weighted by molar-refractivity contribution is -0.139. The summed E-state index contributed by atoms with van der Waals surface area (Å²) in [6.07, 6.45) is 4.12. The van der Waals surface area contributed by atoms with Crippen molar-refractivity contribution in [2.75, 3.05) is 39.6 Å². The Morgan fingerprint density at radius 2 is 1.17 bits per heavy atom. The summed E-state index contributed by atoms with van der Waals surface area (Å²) in [6, 6.07) is 0. The molecule has 1 N–H and O–H groups in total. The highest BCUT2D eigenvalue weighted by Gasteiger charge is 2.02. The maximum atomic E-state index is 10.7. The summed E-state index contributed by atoms with van der Waals surface area (Å²) in [5.41, 5.74) is -0.792. The van der Waals surface area contributed by atoms with Crippen LogP contribution >= 0.6 is 11.6 Å². The van der Waals surface area contributed by atoms with Crippen molar-refractivity contribution < 1.29 is 48.0 Å². The van der Waals surface area contributed by atoms with E-state index in [1.54, 1.807) is 0 Å². The minimum atomic E-state index is -0.820. The van der Waals surface area contributed by atoms with E-state index in [2.05, 4.69) is 50.0 Å². The highest BCUT2D eigenvalue weighted by atomic mass is 35.5. The molecule has 0 saturated carbocycles. The number of aliphatic hydroxyl groups excluding tert-OH is 1. The molecule has 0 unspecified atom stereocenters. The number of hydrogen-bond acceptors (Lipinski definition) is 10. The lowest BCUT2D eigenvalue weighted by Gasteiger charge is -2.04. The van der Waals surface area contributed by atoms with Crippen LogP contribution in [0.3, 0.4) is 0 Å². The van der Waals surface area contributed by atoms with Gasteiger partial charge in [-0.15, -0.1) is 0 Å². The fourth-order valence-electron chi connectivity index (χ4n) is 0.824. The second kappa shape index (κ2) is 24.9. The molecule has 0 aromatic heterocycles. The zero-order valence-corrected chi connectivity index (χ0v) is 16.6. The minimum Gasteiger partial charge on any atom is -0.460 e. The summed E-state index contributed by atoms with van der Waals surface area (Å²) in [5.74, 6) is -1.06. The third kappa shape index (κ3) is 33.0. The molecule has 0 aliphatic carbocycles. The van der Waals surface area contributed by atoms with Crippen LogP contribution in [0.4, 0.5) is 9.59 Å². The van der Waals surface area contributed by atoms with Gasteiger partial charge in [-0.25, -0.2) is 19.2 Å². The summed E-state index contributed by atoms with van der Waals surface area (Å²) in [4.78, 5) is 41.0. The first kappa shape index (κ1) is 30.6. The van der Waals surface area contributed by atoms with Gasteiger partial charge < -0.3 is 28.8 Å². The first-order valence-electron chi connectivity index (χ1n) is 7.81. The average molecular weight is 437 g/mol. The fourth-order valence-corrected chi connectivity index (χ4v) is 0.887. The van der Waals surface area contributed by atoms with Crippen LogP contribution in [0.2, 0.25) is 0 Å². The third-order valence-corrected chi connectivity index (χ3v) is 1.96. The Bertz CT molecular complexity index is 531. The molecule has 0 atom stereocenters. The van der Waals surface area contributed by atoms with Crippen LogP contribution < -0.4 is 0 Å². The number of hydrogen-bond donors (Lipinski definition) is 1. The fraction of sp³-hybridized carbons (Fsp3) is 0.333. The van der Waals surface area contributed by atoms with E-state index in [0.717, 1.165) is 12.2 Å². The molecule has 0 amide bonds. The molecule has 0 spiro atoms. The van der Waals surface area contributed by atoms with Gasteiger partial charge in [0, 0.05) is 23.8 Å². The standard InChI is InChI=1S/C9H12O5.C5H8O3.C4H5ClO2/c1-3-5-13-9(11)14-7-6-12-8(10)4-2;1-2-5(7)8-4-3-6;1-2-3-7-4(5)6/h3-4H,1-2,5-7H2;2,6H,1,3-4H2;2H,1,3H2. The van der Waals surface area contributed by atoms with Crippen molar-refractivity contribution in [1.82, 2.24) is 0 Å². The van der Waals surface area contributed by atoms with Crippen molar-refractivity contribution in [3.05, 3.63) is 50.6 Å². The van der Waals surface area contributed by atoms with Crippen molar-refractivity contribution in [1.29, 1.82) is 0 Å². The predicted molar refractivity (Wildman–Crippen MR) is 104 cm³/mol. The van der Waals surface area contributed by atoms with Gasteiger partial charge >= 0.3 is 23.5 Å². The van der Waals surface area contributed by atoms with E-state index in [0.29, 0.717) is 0 Å². The van der Waals surface area contributed by atoms with Crippen LogP contribution in [0.25, 0.3) is 0 Å². The van der Waals surface area contributed by atoms with E-state index < -0.39 is 23.5 Å². The predicted octanol–water partition coefficient (Wildman–Crippen LogP) is 2.31. The lowest BCUT2D eigenvalue weighted by atomic mass is 10.6. The van der Waals surface area contributed by atoms with Gasteiger partial charge in [0.05, 0.1) is 6.61 Å². The Balaban J connectivity index is -0.000000383. The van der Waals surface area contributed by atoms with E-state index in [1.807, 2.05) is 0 Å². The molecule has 0 aliphatic rings. The van der Waals surface area contributed by atoms with E-state index >= 15 is 0 Å². The van der Waals surface area contributed by atoms with Gasteiger partial charge in [-0.1, -0.05) is 38.5 Å². The molecule has 0 bridgehead atoms. The Labute approximate surface area is 174 Å². The van der Waals surface area contributed by atoms with Crippen molar-refractivity contribution in [3.8, 4) is 0 Å². The Kier molecular flexibility index (Phi) is 26.3. The molecule has 0 radical (unpaired) electrons. The van der Waals surface area contributed by atoms with Gasteiger partial charge in [0.15, 0.2) is 0 Å². The lowest BCUT2D eigenvalue weighted by Crippen LogP contribution is -2.13. The van der Waals surface area contributed by atoms with Crippen LogP contribution in [0, 0.1) is 0 Å². The zero-order valence-electron chi connectivity index (χ0n) is 15.9. The number of esters is 2. The zero-order chi connectivity index (χ0) is 22.9. The van der Waals surface area contributed by atoms with Gasteiger partial charge in [-0.2, -0.15) is 0 Å². The molecular formula is C18H25ClO10. The highest BCUT2D eigenvalue weighted by Crippen LogP contribution is 1.87. The Morgan fingerprint density at radius 1 is 0.724 bits per heavy atom. The first-order valence-corrected chi connectivity index (χ1v) is 8.19. The molecule has 164 valence electrons. The SMILES string of the molecule is C=CC(=O)OCCO.C=CCOC(=O)Cl.C=CCOC(=O)OCCOC(=O)C=C. The molecule has 0 aromatic carbocycles. The monoisotopic (exact) mass is 436 g/mol. The van der Waals surface area contributed by atoms with Crippen molar-refractivity contribution in [2.24, 2.45) is 0 Å². The Morgan fingerprint density at radius 3 is 1.55 bits per heavy atom. The number of carbonyl (C=O) groups is 4. The normalized spacial score (nSPS) is 8.21. The Hall–Kier alpha value is -3.11. The maximum Gasteiger partial charge on any atom is 0.508 e. The van der Waals surface area contributed by atoms with Gasteiger partial charge in [0.1, 0.15) is 33.0 Å². The molecular weight excluding hydrogens is 412 g/mol. The van der Waals surface area contributed by atoms with Crippen molar-refractivity contribution in [2.45, 2.75) is 0 Å². The van der Waals surface area contributed by atoms with E-state index in [-0.39, 0.29) is 39.6 Å². The van der Waals surface area contributed by atoms with Crippen molar-refractivity contribution in [3.63, 3.8) is 0 Å². The molecule has 29 heavy (non-hydrogen) atoms. The number of halogens is 1. The van der Waals surface area contributed by atoms with Crippen LogP contribution in [0.1, 0.15) is 0 Å².